The Kier molecular flexibility index (Phi) is 4.36. The van der Waals surface area contributed by atoms with Crippen molar-refractivity contribution in [1.82, 2.24) is 0 Å². The van der Waals surface area contributed by atoms with Gasteiger partial charge in [0, 0.05) is 15.8 Å². The standard InChI is InChI=1S/C11H15FN2O2S/c1-5(15)6(2)17-10-3-7(11(14)16)9(13)4-8(10)12/h3-6,15H,13H2,1-2H3,(H2,14,16). The summed E-state index contributed by atoms with van der Waals surface area (Å²) in [5.41, 5.74) is 10.7. The maximum Gasteiger partial charge on any atom is 0.250 e. The number of hydrogen-bond donors (Lipinski definition) is 3. The van der Waals surface area contributed by atoms with Gasteiger partial charge in [0.2, 0.25) is 0 Å². The maximum absolute atomic E-state index is 13.6. The number of thioether (sulfide) groups is 1. The minimum Gasteiger partial charge on any atom is -0.398 e. The predicted molar refractivity (Wildman–Crippen MR) is 66.3 cm³/mol. The van der Waals surface area contributed by atoms with Gasteiger partial charge in [-0.25, -0.2) is 4.39 Å². The second kappa shape index (κ2) is 5.37. The van der Waals surface area contributed by atoms with Crippen LogP contribution >= 0.6 is 11.8 Å². The molecule has 0 bridgehead atoms. The smallest absolute Gasteiger partial charge is 0.250 e. The van der Waals surface area contributed by atoms with Gasteiger partial charge in [-0.2, -0.15) is 0 Å². The quantitative estimate of drug-likeness (QED) is 0.562. The SMILES string of the molecule is CC(O)C(C)Sc1cc(C(N)=O)c(N)cc1F. The van der Waals surface area contributed by atoms with E-state index in [-0.39, 0.29) is 21.4 Å². The van der Waals surface area contributed by atoms with E-state index < -0.39 is 17.8 Å². The highest BCUT2D eigenvalue weighted by atomic mass is 32.2. The van der Waals surface area contributed by atoms with Crippen molar-refractivity contribution >= 4 is 23.4 Å². The third kappa shape index (κ3) is 3.34. The molecule has 2 atom stereocenters. The molecule has 0 aliphatic heterocycles. The Hall–Kier alpha value is -1.27. The van der Waals surface area contributed by atoms with E-state index in [4.69, 9.17) is 11.5 Å². The zero-order valence-electron chi connectivity index (χ0n) is 9.61. The molecule has 6 heteroatoms. The number of carbonyl (C=O) groups is 1. The van der Waals surface area contributed by atoms with E-state index in [2.05, 4.69) is 0 Å². The van der Waals surface area contributed by atoms with Crippen LogP contribution in [0.5, 0.6) is 0 Å². The van der Waals surface area contributed by atoms with Crippen molar-refractivity contribution in [3.63, 3.8) is 0 Å². The molecule has 17 heavy (non-hydrogen) atoms. The summed E-state index contributed by atoms with van der Waals surface area (Å²) in [4.78, 5) is 11.3. The van der Waals surface area contributed by atoms with E-state index in [1.165, 1.54) is 6.07 Å². The number of primary amides is 1. The molecule has 0 saturated heterocycles. The Morgan fingerprint density at radius 2 is 2.06 bits per heavy atom. The van der Waals surface area contributed by atoms with E-state index in [1.807, 2.05) is 0 Å². The summed E-state index contributed by atoms with van der Waals surface area (Å²) in [6.45, 7) is 3.37. The molecule has 0 aromatic heterocycles. The largest absolute Gasteiger partial charge is 0.398 e. The van der Waals surface area contributed by atoms with Gasteiger partial charge in [-0.05, 0) is 19.1 Å². The van der Waals surface area contributed by atoms with Crippen LogP contribution in [0.4, 0.5) is 10.1 Å². The second-order valence-corrected chi connectivity index (χ2v) is 5.22. The first-order valence-corrected chi connectivity index (χ1v) is 5.94. The third-order valence-electron chi connectivity index (χ3n) is 2.36. The van der Waals surface area contributed by atoms with E-state index in [1.54, 1.807) is 13.8 Å². The maximum atomic E-state index is 13.6. The van der Waals surface area contributed by atoms with Crippen LogP contribution < -0.4 is 11.5 Å². The first-order valence-electron chi connectivity index (χ1n) is 5.06. The average Bonchev–Trinajstić information content (AvgIpc) is 2.21. The summed E-state index contributed by atoms with van der Waals surface area (Å²) < 4.78 is 13.6. The molecular formula is C11H15FN2O2S. The lowest BCUT2D eigenvalue weighted by molar-refractivity contribution is 0.100. The van der Waals surface area contributed by atoms with Crippen molar-refractivity contribution in [2.24, 2.45) is 5.73 Å². The van der Waals surface area contributed by atoms with E-state index in [9.17, 15) is 14.3 Å². The molecule has 0 heterocycles. The second-order valence-electron chi connectivity index (χ2n) is 3.80. The van der Waals surface area contributed by atoms with E-state index >= 15 is 0 Å². The molecule has 0 aliphatic rings. The molecule has 94 valence electrons. The van der Waals surface area contributed by atoms with Crippen LogP contribution in [-0.2, 0) is 0 Å². The fourth-order valence-electron chi connectivity index (χ4n) is 1.17. The Labute approximate surface area is 103 Å². The van der Waals surface area contributed by atoms with Gasteiger partial charge in [0.15, 0.2) is 0 Å². The monoisotopic (exact) mass is 258 g/mol. The highest BCUT2D eigenvalue weighted by molar-refractivity contribution is 8.00. The molecule has 0 fully saturated rings. The number of nitrogens with two attached hydrogens (primary N) is 2. The zero-order valence-corrected chi connectivity index (χ0v) is 10.4. The molecule has 0 saturated carbocycles. The first kappa shape index (κ1) is 13.8. The number of carbonyl (C=O) groups excluding carboxylic acids is 1. The van der Waals surface area contributed by atoms with Crippen LogP contribution in [0.15, 0.2) is 17.0 Å². The lowest BCUT2D eigenvalue weighted by atomic mass is 10.1. The minimum absolute atomic E-state index is 0.0176. The number of amides is 1. The fourth-order valence-corrected chi connectivity index (χ4v) is 2.13. The van der Waals surface area contributed by atoms with Crippen LogP contribution in [0.2, 0.25) is 0 Å². The number of anilines is 1. The number of aliphatic hydroxyl groups is 1. The zero-order chi connectivity index (χ0) is 13.2. The Morgan fingerprint density at radius 1 is 1.47 bits per heavy atom. The lowest BCUT2D eigenvalue weighted by Crippen LogP contribution is -2.16. The molecule has 1 aromatic carbocycles. The highest BCUT2D eigenvalue weighted by Gasteiger charge is 2.16. The van der Waals surface area contributed by atoms with Crippen LogP contribution in [0.25, 0.3) is 0 Å². The van der Waals surface area contributed by atoms with Gasteiger partial charge in [-0.15, -0.1) is 11.8 Å². The Morgan fingerprint density at radius 3 is 2.53 bits per heavy atom. The number of benzene rings is 1. The number of halogens is 1. The normalized spacial score (nSPS) is 14.4. The summed E-state index contributed by atoms with van der Waals surface area (Å²) in [5.74, 6) is -1.22. The molecule has 1 amide bonds. The van der Waals surface area contributed by atoms with Crippen molar-refractivity contribution < 1.29 is 14.3 Å². The number of hydrogen-bond acceptors (Lipinski definition) is 4. The molecular weight excluding hydrogens is 243 g/mol. The van der Waals surface area contributed by atoms with Crippen molar-refractivity contribution in [2.45, 2.75) is 30.1 Å². The minimum atomic E-state index is -0.700. The highest BCUT2D eigenvalue weighted by Crippen LogP contribution is 2.30. The third-order valence-corrected chi connectivity index (χ3v) is 3.69. The molecule has 0 aliphatic carbocycles. The van der Waals surface area contributed by atoms with Crippen molar-refractivity contribution in [3.05, 3.63) is 23.5 Å². The Bertz CT molecular complexity index is 438. The molecule has 0 spiro atoms. The number of rotatable bonds is 4. The van der Waals surface area contributed by atoms with E-state index in [0.29, 0.717) is 0 Å². The van der Waals surface area contributed by atoms with Crippen molar-refractivity contribution in [2.75, 3.05) is 5.73 Å². The van der Waals surface area contributed by atoms with Crippen molar-refractivity contribution in [3.8, 4) is 0 Å². The van der Waals surface area contributed by atoms with Gasteiger partial charge in [-0.3, -0.25) is 4.79 Å². The fraction of sp³-hybridized carbons (Fsp3) is 0.364. The van der Waals surface area contributed by atoms with Crippen LogP contribution in [-0.4, -0.2) is 22.4 Å². The van der Waals surface area contributed by atoms with Gasteiger partial charge >= 0.3 is 0 Å². The first-order chi connectivity index (χ1) is 7.82. The topological polar surface area (TPSA) is 89.3 Å². The van der Waals surface area contributed by atoms with Gasteiger partial charge in [0.1, 0.15) is 5.82 Å². The van der Waals surface area contributed by atoms with Gasteiger partial charge in [0.25, 0.3) is 5.91 Å². The van der Waals surface area contributed by atoms with Crippen molar-refractivity contribution in [1.29, 1.82) is 0 Å². The summed E-state index contributed by atoms with van der Waals surface area (Å²) in [5, 5.41) is 9.15. The average molecular weight is 258 g/mol. The predicted octanol–water partition coefficient (Wildman–Crippen LogP) is 1.37. The summed E-state index contributed by atoms with van der Waals surface area (Å²) in [6, 6.07) is 2.38. The molecule has 5 N–H and O–H groups in total. The van der Waals surface area contributed by atoms with Gasteiger partial charge in [0.05, 0.1) is 11.7 Å². The number of nitrogen functional groups attached to an aromatic ring is 1. The summed E-state index contributed by atoms with van der Waals surface area (Å²) >= 11 is 1.13. The van der Waals surface area contributed by atoms with Gasteiger partial charge < -0.3 is 16.6 Å². The molecule has 1 aromatic rings. The van der Waals surface area contributed by atoms with Crippen LogP contribution in [0, 0.1) is 5.82 Å². The lowest BCUT2D eigenvalue weighted by Gasteiger charge is -2.15. The summed E-state index contributed by atoms with van der Waals surface area (Å²) in [7, 11) is 0. The Balaban J connectivity index is 3.08. The number of aliphatic hydroxyl groups excluding tert-OH is 1. The molecule has 0 radical (unpaired) electrons. The molecule has 1 rings (SSSR count). The van der Waals surface area contributed by atoms with Crippen LogP contribution in [0.1, 0.15) is 24.2 Å². The van der Waals surface area contributed by atoms with E-state index in [0.717, 1.165) is 17.8 Å². The summed E-state index contributed by atoms with van der Waals surface area (Å²) in [6.07, 6.45) is -0.589. The molecule has 4 nitrogen and oxygen atoms in total. The van der Waals surface area contributed by atoms with Gasteiger partial charge in [-0.1, -0.05) is 6.92 Å². The molecule has 2 unspecified atom stereocenters. The van der Waals surface area contributed by atoms with Crippen LogP contribution in [0.3, 0.4) is 0 Å².